The van der Waals surface area contributed by atoms with Gasteiger partial charge in [0.25, 0.3) is 0 Å². The van der Waals surface area contributed by atoms with Crippen molar-refractivity contribution in [3.63, 3.8) is 0 Å². The fraction of sp³-hybridized carbons (Fsp3) is 0.714. The predicted molar refractivity (Wildman–Crippen MR) is 59.9 cm³/mol. The molecule has 0 amide bonds. The Balaban J connectivity index is 5.09. The Morgan fingerprint density at radius 1 is 1.12 bits per heavy atom. The van der Waals surface area contributed by atoms with Crippen molar-refractivity contribution in [2.45, 2.75) is 25.4 Å². The first-order valence-corrected chi connectivity index (χ1v) is 7.85. The van der Waals surface area contributed by atoms with Crippen LogP contribution < -0.4 is 0 Å². The van der Waals surface area contributed by atoms with Gasteiger partial charge in [0.15, 0.2) is 0 Å². The molecule has 0 spiro atoms. The maximum Gasteiger partial charge on any atom is 0.342 e. The average molecular weight is 273 g/mol. The third kappa shape index (κ3) is 4.47. The molecule has 0 aliphatic carbocycles. The van der Waals surface area contributed by atoms with E-state index >= 15 is 0 Å². The Morgan fingerprint density at radius 3 is 1.62 bits per heavy atom. The molecule has 0 aromatic heterocycles. The van der Waals surface area contributed by atoms with Crippen LogP contribution in [-0.4, -0.2) is 42.6 Å². The highest BCUT2D eigenvalue weighted by molar-refractivity contribution is 7.53. The van der Waals surface area contributed by atoms with Crippen molar-refractivity contribution in [3.05, 3.63) is 12.7 Å². The largest absolute Gasteiger partial charge is 0.342 e. The van der Waals surface area contributed by atoms with Gasteiger partial charge in [-0.1, -0.05) is 6.08 Å². The molecule has 16 heavy (non-hydrogen) atoms. The summed E-state index contributed by atoms with van der Waals surface area (Å²) in [7, 11) is -8.86. The van der Waals surface area contributed by atoms with E-state index in [0.717, 1.165) is 4.90 Å². The van der Waals surface area contributed by atoms with E-state index < -0.39 is 26.8 Å². The molecule has 4 N–H and O–H groups in total. The number of nitrogens with zero attached hydrogens (tertiary/aromatic N) is 1. The average Bonchev–Trinajstić information content (AvgIpc) is 2.09. The van der Waals surface area contributed by atoms with Gasteiger partial charge in [-0.05, 0) is 13.8 Å². The van der Waals surface area contributed by atoms with Gasteiger partial charge >= 0.3 is 15.2 Å². The second-order valence-corrected chi connectivity index (χ2v) is 7.28. The molecule has 0 aliphatic heterocycles. The Hall–Kier alpha value is -0.0000000000000000416. The van der Waals surface area contributed by atoms with Gasteiger partial charge in [0, 0.05) is 6.54 Å². The van der Waals surface area contributed by atoms with E-state index in [4.69, 9.17) is 19.6 Å². The zero-order chi connectivity index (χ0) is 13.1. The van der Waals surface area contributed by atoms with Crippen molar-refractivity contribution < 1.29 is 28.7 Å². The number of hydrogen-bond donors (Lipinski definition) is 4. The molecule has 7 nitrogen and oxygen atoms in total. The maximum absolute atomic E-state index is 11.0. The topological polar surface area (TPSA) is 118 Å². The summed E-state index contributed by atoms with van der Waals surface area (Å²) in [6, 6.07) is 0. The molecule has 2 unspecified atom stereocenters. The lowest BCUT2D eigenvalue weighted by Crippen LogP contribution is -2.40. The van der Waals surface area contributed by atoms with Crippen molar-refractivity contribution >= 4 is 15.2 Å². The molecular formula is C7H17NO6P2. The third-order valence-corrected chi connectivity index (χ3v) is 4.81. The van der Waals surface area contributed by atoms with Crippen LogP contribution in [0, 0.1) is 0 Å². The maximum atomic E-state index is 11.0. The summed E-state index contributed by atoms with van der Waals surface area (Å²) in [6.07, 6.45) is 1.33. The molecule has 96 valence electrons. The highest BCUT2D eigenvalue weighted by atomic mass is 31.2. The summed E-state index contributed by atoms with van der Waals surface area (Å²) < 4.78 is 22.1. The third-order valence-electron chi connectivity index (χ3n) is 2.27. The zero-order valence-electron chi connectivity index (χ0n) is 9.09. The minimum absolute atomic E-state index is 0.0153. The summed E-state index contributed by atoms with van der Waals surface area (Å²) in [5.74, 6) is -2.54. The lowest BCUT2D eigenvalue weighted by Gasteiger charge is -2.33. The van der Waals surface area contributed by atoms with Crippen molar-refractivity contribution in [1.82, 2.24) is 4.90 Å². The predicted octanol–water partition coefficient (Wildman–Crippen LogP) is 0.522. The van der Waals surface area contributed by atoms with Crippen LogP contribution in [0.15, 0.2) is 12.7 Å². The van der Waals surface area contributed by atoms with Crippen LogP contribution in [0.25, 0.3) is 0 Å². The van der Waals surface area contributed by atoms with Crippen LogP contribution in [0.5, 0.6) is 0 Å². The smallest absolute Gasteiger partial charge is 0.323 e. The van der Waals surface area contributed by atoms with Gasteiger partial charge in [0.05, 0.1) is 0 Å². The van der Waals surface area contributed by atoms with E-state index in [1.165, 1.54) is 19.9 Å². The molecule has 0 aromatic carbocycles. The van der Waals surface area contributed by atoms with Crippen molar-refractivity contribution in [2.24, 2.45) is 0 Å². The molecule has 0 radical (unpaired) electrons. The quantitative estimate of drug-likeness (QED) is 0.411. The molecule has 9 heteroatoms. The first kappa shape index (κ1) is 16.0. The van der Waals surface area contributed by atoms with Crippen LogP contribution in [-0.2, 0) is 9.13 Å². The molecule has 2 atom stereocenters. The Bertz CT molecular complexity index is 306. The number of hydrogen-bond acceptors (Lipinski definition) is 3. The van der Waals surface area contributed by atoms with E-state index in [9.17, 15) is 9.13 Å². The number of rotatable bonds is 6. The van der Waals surface area contributed by atoms with Gasteiger partial charge in [-0.3, -0.25) is 14.0 Å². The summed E-state index contributed by atoms with van der Waals surface area (Å²) in [4.78, 5) is 37.0. The standard InChI is InChI=1S/C7H17NO6P2/c1-4-5-8(6(2)15(9,10)11)7(3)16(12,13)14/h4,6-7H,1,5H2,2-3H3,(H2,9,10,11)(H2,12,13,14). The van der Waals surface area contributed by atoms with Crippen molar-refractivity contribution in [2.75, 3.05) is 6.54 Å². The van der Waals surface area contributed by atoms with Crippen LogP contribution in [0.3, 0.4) is 0 Å². The fourth-order valence-corrected chi connectivity index (χ4v) is 2.62. The van der Waals surface area contributed by atoms with E-state index in [1.807, 2.05) is 0 Å². The summed E-state index contributed by atoms with van der Waals surface area (Å²) in [5.41, 5.74) is 0. The van der Waals surface area contributed by atoms with Crippen molar-refractivity contribution in [3.8, 4) is 0 Å². The minimum Gasteiger partial charge on any atom is -0.323 e. The molecule has 0 aliphatic rings. The first-order valence-electron chi connectivity index (χ1n) is 4.49. The molecule has 0 saturated carbocycles. The van der Waals surface area contributed by atoms with Crippen LogP contribution in [0.1, 0.15) is 13.8 Å². The SMILES string of the molecule is C=CCN(C(C)P(=O)(O)O)C(C)P(=O)(O)O. The van der Waals surface area contributed by atoms with E-state index in [0.29, 0.717) is 0 Å². The summed E-state index contributed by atoms with van der Waals surface area (Å²) >= 11 is 0. The second kappa shape index (κ2) is 5.56. The van der Waals surface area contributed by atoms with Crippen LogP contribution in [0.4, 0.5) is 0 Å². The minimum atomic E-state index is -4.43. The summed E-state index contributed by atoms with van der Waals surface area (Å²) in [6.45, 7) is 5.80. The monoisotopic (exact) mass is 273 g/mol. The van der Waals surface area contributed by atoms with E-state index in [2.05, 4.69) is 6.58 Å². The second-order valence-electron chi connectivity index (χ2n) is 3.43. The first-order chi connectivity index (χ1) is 7.01. The highest BCUT2D eigenvalue weighted by Crippen LogP contribution is 2.49. The van der Waals surface area contributed by atoms with Gasteiger partial charge in [-0.2, -0.15) is 0 Å². The molecule has 0 heterocycles. The van der Waals surface area contributed by atoms with Gasteiger partial charge in [-0.15, -0.1) is 6.58 Å². The Morgan fingerprint density at radius 2 is 1.44 bits per heavy atom. The lowest BCUT2D eigenvalue weighted by molar-refractivity contribution is 0.206. The van der Waals surface area contributed by atoms with Crippen molar-refractivity contribution in [1.29, 1.82) is 0 Å². The van der Waals surface area contributed by atoms with E-state index in [-0.39, 0.29) is 6.54 Å². The molecule has 0 saturated heterocycles. The molecule has 0 bridgehead atoms. The Labute approximate surface area is 94.1 Å². The molecule has 0 rings (SSSR count). The fourth-order valence-electron chi connectivity index (χ4n) is 1.15. The van der Waals surface area contributed by atoms with E-state index in [1.54, 1.807) is 0 Å². The Kier molecular flexibility index (Phi) is 5.56. The normalized spacial score (nSPS) is 17.2. The summed E-state index contributed by atoms with van der Waals surface area (Å²) in [5, 5.41) is 0. The molecular weight excluding hydrogens is 256 g/mol. The van der Waals surface area contributed by atoms with Gasteiger partial charge in [0.1, 0.15) is 11.6 Å². The van der Waals surface area contributed by atoms with Crippen LogP contribution >= 0.6 is 15.2 Å². The van der Waals surface area contributed by atoms with Gasteiger partial charge in [-0.25, -0.2) is 0 Å². The van der Waals surface area contributed by atoms with Gasteiger partial charge < -0.3 is 19.6 Å². The van der Waals surface area contributed by atoms with Crippen LogP contribution in [0.2, 0.25) is 0 Å². The zero-order valence-corrected chi connectivity index (χ0v) is 10.9. The van der Waals surface area contributed by atoms with Gasteiger partial charge in [0.2, 0.25) is 0 Å². The molecule has 0 aromatic rings. The molecule has 0 fully saturated rings. The lowest BCUT2D eigenvalue weighted by atomic mass is 10.4. The highest BCUT2D eigenvalue weighted by Gasteiger charge is 2.38.